The van der Waals surface area contributed by atoms with Gasteiger partial charge >= 0.3 is 0 Å². The van der Waals surface area contributed by atoms with Gasteiger partial charge in [-0.3, -0.25) is 4.18 Å². The van der Waals surface area contributed by atoms with Gasteiger partial charge in [-0.15, -0.1) is 0 Å². The Morgan fingerprint density at radius 1 is 1.00 bits per heavy atom. The van der Waals surface area contributed by atoms with Crippen LogP contribution in [0.3, 0.4) is 0 Å². The minimum Gasteiger partial charge on any atom is -0.393 e. The van der Waals surface area contributed by atoms with Gasteiger partial charge in [-0.25, -0.2) is 8.78 Å². The highest BCUT2D eigenvalue weighted by Gasteiger charge is 2.69. The second-order valence-corrected chi connectivity index (χ2v) is 17.7. The number of fused-ring (bicyclic) bond motifs is 5. The van der Waals surface area contributed by atoms with Crippen LogP contribution in [0.5, 0.6) is 0 Å². The number of benzene rings is 1. The van der Waals surface area contributed by atoms with E-state index in [-0.39, 0.29) is 35.2 Å². The van der Waals surface area contributed by atoms with E-state index >= 15 is 8.78 Å². The van der Waals surface area contributed by atoms with Crippen molar-refractivity contribution in [2.75, 3.05) is 6.61 Å². The lowest BCUT2D eigenvalue weighted by molar-refractivity contribution is -0.251. The standard InChI is InChI=1S/C35H54F2O5S/c1-22-9-11-24(12-10-22)43(40,41)42-21-25-29-20-35(36,37)31-27-14-13-26(23(2)8-7-17-32(3,4)39)33(27,5)18-15-28(31)34(29,6)19-16-30(25)38/h9-12,23,25-31,38-39H,7-8,13-21H2,1-6H3/t23-,25?,26-,27+,28?,29?,30+,31?,33-,34-/m1/s1. The zero-order valence-corrected chi connectivity index (χ0v) is 27.8. The molecule has 2 N–H and O–H groups in total. The Morgan fingerprint density at radius 3 is 2.28 bits per heavy atom. The van der Waals surface area contributed by atoms with E-state index in [1.165, 1.54) is 12.1 Å². The van der Waals surface area contributed by atoms with Crippen molar-refractivity contribution in [2.45, 2.75) is 128 Å². The van der Waals surface area contributed by atoms with E-state index in [9.17, 15) is 18.6 Å². The molecule has 0 amide bonds. The fourth-order valence-electron chi connectivity index (χ4n) is 10.6. The van der Waals surface area contributed by atoms with Crippen LogP contribution in [0.4, 0.5) is 8.78 Å². The first-order chi connectivity index (χ1) is 19.9. The van der Waals surface area contributed by atoms with Crippen LogP contribution in [0.25, 0.3) is 0 Å². The minimum absolute atomic E-state index is 0.0378. The SMILES string of the molecule is Cc1ccc(S(=O)(=O)OCC2C3CC(F)(F)C4C(CC[C@]5(C)[C@@H]([C@H](C)CCCC(C)(C)O)CC[C@@H]45)[C@@]3(C)CC[C@@H]2O)cc1. The second-order valence-electron chi connectivity index (χ2n) is 16.0. The molecule has 0 radical (unpaired) electrons. The lowest BCUT2D eigenvalue weighted by Crippen LogP contribution is -2.63. The van der Waals surface area contributed by atoms with Crippen molar-refractivity contribution < 1.29 is 31.6 Å². The van der Waals surface area contributed by atoms with E-state index in [2.05, 4.69) is 20.8 Å². The predicted octanol–water partition coefficient (Wildman–Crippen LogP) is 7.77. The Balaban J connectivity index is 1.35. The molecule has 10 atom stereocenters. The predicted molar refractivity (Wildman–Crippen MR) is 164 cm³/mol. The van der Waals surface area contributed by atoms with Crippen LogP contribution in [0, 0.1) is 59.2 Å². The van der Waals surface area contributed by atoms with E-state index in [4.69, 9.17) is 4.18 Å². The maximum Gasteiger partial charge on any atom is 0.296 e. The third-order valence-corrected chi connectivity index (χ3v) is 14.2. The summed E-state index contributed by atoms with van der Waals surface area (Å²) in [7, 11) is -4.07. The Morgan fingerprint density at radius 2 is 1.63 bits per heavy atom. The quantitative estimate of drug-likeness (QED) is 0.274. The minimum atomic E-state index is -4.07. The zero-order chi connectivity index (χ0) is 31.6. The number of aryl methyl sites for hydroxylation is 1. The molecule has 4 unspecified atom stereocenters. The van der Waals surface area contributed by atoms with Crippen LogP contribution in [0.2, 0.25) is 0 Å². The lowest BCUT2D eigenvalue weighted by Gasteiger charge is -2.64. The van der Waals surface area contributed by atoms with Gasteiger partial charge in [0.25, 0.3) is 16.0 Å². The number of aliphatic hydroxyl groups is 2. The molecule has 5 nitrogen and oxygen atoms in total. The summed E-state index contributed by atoms with van der Waals surface area (Å²) < 4.78 is 64.6. The number of alkyl halides is 2. The molecular formula is C35H54F2O5S. The molecule has 0 aliphatic heterocycles. The molecule has 244 valence electrons. The molecule has 4 saturated carbocycles. The van der Waals surface area contributed by atoms with Gasteiger partial charge in [-0.1, -0.05) is 51.3 Å². The van der Waals surface area contributed by atoms with E-state index in [1.807, 2.05) is 20.8 Å². The number of rotatable bonds is 9. The summed E-state index contributed by atoms with van der Waals surface area (Å²) in [6, 6.07) is 6.39. The number of hydrogen-bond acceptors (Lipinski definition) is 5. The molecule has 8 heteroatoms. The molecule has 4 fully saturated rings. The van der Waals surface area contributed by atoms with Crippen molar-refractivity contribution in [3.63, 3.8) is 0 Å². The summed E-state index contributed by atoms with van der Waals surface area (Å²) in [5.41, 5.74) is -0.280. The molecule has 1 aromatic rings. The highest BCUT2D eigenvalue weighted by atomic mass is 32.2. The molecular weight excluding hydrogens is 570 g/mol. The Hall–Kier alpha value is -1.09. The summed E-state index contributed by atoms with van der Waals surface area (Å²) in [4.78, 5) is 0.0388. The maximum absolute atomic E-state index is 16.6. The summed E-state index contributed by atoms with van der Waals surface area (Å²) >= 11 is 0. The van der Waals surface area contributed by atoms with Crippen LogP contribution in [0.1, 0.15) is 104 Å². The highest BCUT2D eigenvalue weighted by Crippen LogP contribution is 2.71. The average Bonchev–Trinajstić information content (AvgIpc) is 3.26. The van der Waals surface area contributed by atoms with Crippen LogP contribution in [0.15, 0.2) is 29.2 Å². The van der Waals surface area contributed by atoms with Gasteiger partial charge in [0.15, 0.2) is 0 Å². The largest absolute Gasteiger partial charge is 0.393 e. The Kier molecular flexibility index (Phi) is 8.99. The Bertz CT molecular complexity index is 1240. The van der Waals surface area contributed by atoms with E-state index in [0.717, 1.165) is 50.5 Å². The molecule has 4 aliphatic carbocycles. The van der Waals surface area contributed by atoms with Gasteiger partial charge in [0, 0.05) is 18.3 Å². The molecule has 0 bridgehead atoms. The van der Waals surface area contributed by atoms with Gasteiger partial charge in [0.05, 0.1) is 23.2 Å². The van der Waals surface area contributed by atoms with Crippen molar-refractivity contribution in [1.82, 2.24) is 0 Å². The summed E-state index contributed by atoms with van der Waals surface area (Å²) in [6.07, 6.45) is 6.15. The number of aliphatic hydroxyl groups excluding tert-OH is 1. The summed E-state index contributed by atoms with van der Waals surface area (Å²) in [6.45, 7) is 12.0. The number of hydrogen-bond donors (Lipinski definition) is 2. The van der Waals surface area contributed by atoms with E-state index in [0.29, 0.717) is 24.7 Å². The normalized spacial score (nSPS) is 39.9. The van der Waals surface area contributed by atoms with Gasteiger partial charge in [0.2, 0.25) is 0 Å². The summed E-state index contributed by atoms with van der Waals surface area (Å²) in [5.74, 6) is -4.11. The van der Waals surface area contributed by atoms with Crippen molar-refractivity contribution in [1.29, 1.82) is 0 Å². The van der Waals surface area contributed by atoms with Crippen LogP contribution < -0.4 is 0 Å². The van der Waals surface area contributed by atoms with Crippen LogP contribution in [-0.2, 0) is 14.3 Å². The summed E-state index contributed by atoms with van der Waals surface area (Å²) in [5, 5.41) is 21.2. The molecule has 0 heterocycles. The molecule has 0 aromatic heterocycles. The van der Waals surface area contributed by atoms with Crippen LogP contribution >= 0.6 is 0 Å². The fraction of sp³-hybridized carbons (Fsp3) is 0.829. The molecule has 43 heavy (non-hydrogen) atoms. The van der Waals surface area contributed by atoms with Crippen molar-refractivity contribution in [3.8, 4) is 0 Å². The monoisotopic (exact) mass is 624 g/mol. The van der Waals surface area contributed by atoms with Crippen molar-refractivity contribution >= 4 is 10.1 Å². The smallest absolute Gasteiger partial charge is 0.296 e. The molecule has 0 spiro atoms. The Labute approximate surface area is 258 Å². The van der Waals surface area contributed by atoms with E-state index in [1.54, 1.807) is 12.1 Å². The molecule has 5 rings (SSSR count). The first kappa shape index (κ1) is 33.3. The lowest BCUT2D eigenvalue weighted by atomic mass is 9.42. The molecule has 1 aromatic carbocycles. The van der Waals surface area contributed by atoms with Crippen molar-refractivity contribution in [3.05, 3.63) is 29.8 Å². The second kappa shape index (κ2) is 11.6. The first-order valence-electron chi connectivity index (χ1n) is 16.6. The molecule has 4 aliphatic rings. The maximum atomic E-state index is 16.6. The van der Waals surface area contributed by atoms with Crippen LogP contribution in [-0.4, -0.2) is 42.9 Å². The van der Waals surface area contributed by atoms with Crippen molar-refractivity contribution in [2.24, 2.45) is 52.3 Å². The van der Waals surface area contributed by atoms with Gasteiger partial charge in [-0.05, 0) is 118 Å². The molecule has 0 saturated heterocycles. The first-order valence-corrected chi connectivity index (χ1v) is 18.0. The number of halogens is 2. The van der Waals surface area contributed by atoms with Gasteiger partial charge in [-0.2, -0.15) is 8.42 Å². The fourth-order valence-corrected chi connectivity index (χ4v) is 11.5. The third-order valence-electron chi connectivity index (χ3n) is 12.9. The van der Waals surface area contributed by atoms with Gasteiger partial charge < -0.3 is 10.2 Å². The average molecular weight is 625 g/mol. The van der Waals surface area contributed by atoms with E-state index < -0.39 is 50.9 Å². The van der Waals surface area contributed by atoms with Gasteiger partial charge in [0.1, 0.15) is 0 Å². The topological polar surface area (TPSA) is 83.8 Å². The highest BCUT2D eigenvalue weighted by molar-refractivity contribution is 7.86. The zero-order valence-electron chi connectivity index (χ0n) is 27.0. The third kappa shape index (κ3) is 6.20.